The molecule has 0 spiro atoms. The van der Waals surface area contributed by atoms with E-state index in [4.69, 9.17) is 11.6 Å². The van der Waals surface area contributed by atoms with Crippen molar-refractivity contribution in [3.8, 4) is 0 Å². The average molecular weight is 502 g/mol. The minimum atomic E-state index is -3.81. The first-order chi connectivity index (χ1) is 16.2. The van der Waals surface area contributed by atoms with Crippen molar-refractivity contribution in [2.24, 2.45) is 0 Å². The van der Waals surface area contributed by atoms with Gasteiger partial charge in [0.2, 0.25) is 21.8 Å². The molecule has 0 aromatic heterocycles. The predicted octanol–water partition coefficient (Wildman–Crippen LogP) is 3.81. The number of fused-ring (bicyclic) bond motifs is 1. The number of amides is 2. The molecule has 0 fully saturated rings. The number of benzene rings is 3. The van der Waals surface area contributed by atoms with E-state index in [1.165, 1.54) is 11.9 Å². The van der Waals surface area contributed by atoms with Crippen LogP contribution in [0.3, 0.4) is 0 Å². The smallest absolute Gasteiger partial charge is 0.244 e. The van der Waals surface area contributed by atoms with Crippen LogP contribution in [0, 0.1) is 0 Å². The van der Waals surface area contributed by atoms with Gasteiger partial charge in [-0.3, -0.25) is 13.9 Å². The minimum Gasteiger partial charge on any atom is -0.357 e. The summed E-state index contributed by atoms with van der Waals surface area (Å²) >= 11 is 5.99. The van der Waals surface area contributed by atoms with Crippen LogP contribution in [0.15, 0.2) is 66.7 Å². The van der Waals surface area contributed by atoms with Crippen molar-refractivity contribution in [3.05, 3.63) is 77.3 Å². The SMILES string of the molecule is CC[C@H](C(=O)NC)N(Cc1ccc(Cl)cc1)C(=O)CN(c1cccc2ccccc12)S(C)(=O)=O. The van der Waals surface area contributed by atoms with E-state index in [1.54, 1.807) is 43.3 Å². The fourth-order valence-corrected chi connectivity index (χ4v) is 4.88. The van der Waals surface area contributed by atoms with E-state index in [-0.39, 0.29) is 12.5 Å². The Kier molecular flexibility index (Phi) is 8.17. The van der Waals surface area contributed by atoms with Gasteiger partial charge < -0.3 is 10.2 Å². The van der Waals surface area contributed by atoms with Gasteiger partial charge in [0.25, 0.3) is 0 Å². The van der Waals surface area contributed by atoms with Crippen molar-refractivity contribution in [2.45, 2.75) is 25.9 Å². The fourth-order valence-electron chi connectivity index (χ4n) is 3.89. The maximum Gasteiger partial charge on any atom is 0.244 e. The topological polar surface area (TPSA) is 86.8 Å². The summed E-state index contributed by atoms with van der Waals surface area (Å²) in [4.78, 5) is 27.6. The molecule has 180 valence electrons. The number of hydrogen-bond acceptors (Lipinski definition) is 4. The summed E-state index contributed by atoms with van der Waals surface area (Å²) in [7, 11) is -2.30. The summed E-state index contributed by atoms with van der Waals surface area (Å²) in [5.41, 5.74) is 1.18. The van der Waals surface area contributed by atoms with Crippen LogP contribution >= 0.6 is 11.6 Å². The number of halogens is 1. The number of likely N-dealkylation sites (N-methyl/N-ethyl adjacent to an activating group) is 1. The number of nitrogens with zero attached hydrogens (tertiary/aromatic N) is 2. The molecule has 0 radical (unpaired) electrons. The molecule has 0 aliphatic carbocycles. The van der Waals surface area contributed by atoms with Crippen LogP contribution in [-0.4, -0.2) is 51.0 Å². The molecule has 0 heterocycles. The number of carbonyl (C=O) groups is 2. The summed E-state index contributed by atoms with van der Waals surface area (Å²) in [5.74, 6) is -0.801. The Morgan fingerprint density at radius 2 is 1.65 bits per heavy atom. The van der Waals surface area contributed by atoms with Gasteiger partial charge in [0.1, 0.15) is 12.6 Å². The van der Waals surface area contributed by atoms with E-state index in [9.17, 15) is 18.0 Å². The molecule has 0 saturated heterocycles. The number of anilines is 1. The Hall–Kier alpha value is -3.10. The summed E-state index contributed by atoms with van der Waals surface area (Å²) in [5, 5.41) is 4.73. The Bertz CT molecular complexity index is 1270. The zero-order chi connectivity index (χ0) is 24.9. The molecule has 0 unspecified atom stereocenters. The lowest BCUT2D eigenvalue weighted by Crippen LogP contribution is -2.51. The normalized spacial score (nSPS) is 12.2. The largest absolute Gasteiger partial charge is 0.357 e. The van der Waals surface area contributed by atoms with Gasteiger partial charge in [-0.1, -0.05) is 67.1 Å². The Morgan fingerprint density at radius 1 is 1.00 bits per heavy atom. The predicted molar refractivity (Wildman–Crippen MR) is 136 cm³/mol. The lowest BCUT2D eigenvalue weighted by molar-refractivity contribution is -0.140. The standard InChI is InChI=1S/C25H28ClN3O4S/c1-4-22(25(31)27-2)28(16-18-12-14-20(26)15-13-18)24(30)17-29(34(3,32)33)23-11-7-9-19-8-5-6-10-21(19)23/h5-15,22H,4,16-17H2,1-3H3,(H,27,31)/t22-/m1/s1. The van der Waals surface area contributed by atoms with Crippen LogP contribution in [0.25, 0.3) is 10.8 Å². The molecular weight excluding hydrogens is 474 g/mol. The Labute approximate surface area is 205 Å². The average Bonchev–Trinajstić information content (AvgIpc) is 2.82. The molecule has 7 nitrogen and oxygen atoms in total. The third-order valence-electron chi connectivity index (χ3n) is 5.61. The quantitative estimate of drug-likeness (QED) is 0.483. The van der Waals surface area contributed by atoms with Crippen molar-refractivity contribution in [1.29, 1.82) is 0 Å². The highest BCUT2D eigenvalue weighted by Gasteiger charge is 2.31. The molecule has 3 aromatic carbocycles. The molecule has 9 heteroatoms. The third-order valence-corrected chi connectivity index (χ3v) is 6.99. The van der Waals surface area contributed by atoms with Gasteiger partial charge in [-0.05, 0) is 35.6 Å². The third kappa shape index (κ3) is 5.87. The first-order valence-electron chi connectivity index (χ1n) is 10.9. The maximum absolute atomic E-state index is 13.6. The zero-order valence-corrected chi connectivity index (χ0v) is 20.9. The van der Waals surface area contributed by atoms with E-state index < -0.39 is 28.5 Å². The van der Waals surface area contributed by atoms with Crippen LogP contribution < -0.4 is 9.62 Å². The molecule has 3 aromatic rings. The van der Waals surface area contributed by atoms with Gasteiger partial charge in [0.05, 0.1) is 11.9 Å². The molecule has 0 aliphatic rings. The maximum atomic E-state index is 13.6. The number of sulfonamides is 1. The summed E-state index contributed by atoms with van der Waals surface area (Å²) < 4.78 is 26.7. The Balaban J connectivity index is 2.02. The lowest BCUT2D eigenvalue weighted by Gasteiger charge is -2.32. The van der Waals surface area contributed by atoms with E-state index in [0.717, 1.165) is 21.5 Å². The molecular formula is C25H28ClN3O4S. The molecule has 3 rings (SSSR count). The molecule has 1 N–H and O–H groups in total. The van der Waals surface area contributed by atoms with E-state index >= 15 is 0 Å². The van der Waals surface area contributed by atoms with Gasteiger partial charge in [-0.15, -0.1) is 0 Å². The highest BCUT2D eigenvalue weighted by Crippen LogP contribution is 2.29. The van der Waals surface area contributed by atoms with Crippen molar-refractivity contribution in [3.63, 3.8) is 0 Å². The van der Waals surface area contributed by atoms with Crippen molar-refractivity contribution < 1.29 is 18.0 Å². The summed E-state index contributed by atoms with van der Waals surface area (Å²) in [6.45, 7) is 1.50. The van der Waals surface area contributed by atoms with Crippen molar-refractivity contribution in [1.82, 2.24) is 10.2 Å². The van der Waals surface area contributed by atoms with Crippen molar-refractivity contribution >= 4 is 49.9 Å². The molecule has 2 amide bonds. The first-order valence-corrected chi connectivity index (χ1v) is 13.1. The highest BCUT2D eigenvalue weighted by molar-refractivity contribution is 7.92. The van der Waals surface area contributed by atoms with Gasteiger partial charge >= 0.3 is 0 Å². The summed E-state index contributed by atoms with van der Waals surface area (Å²) in [6.07, 6.45) is 1.44. The van der Waals surface area contributed by atoms with Crippen LogP contribution in [0.2, 0.25) is 5.02 Å². The number of rotatable bonds is 9. The second kappa shape index (κ2) is 10.9. The molecule has 34 heavy (non-hydrogen) atoms. The van der Waals surface area contributed by atoms with Crippen LogP contribution in [0.1, 0.15) is 18.9 Å². The monoisotopic (exact) mass is 501 g/mol. The highest BCUT2D eigenvalue weighted by atomic mass is 35.5. The number of carbonyl (C=O) groups excluding carboxylic acids is 2. The van der Waals surface area contributed by atoms with Crippen LogP contribution in [0.5, 0.6) is 0 Å². The van der Waals surface area contributed by atoms with Crippen LogP contribution in [-0.2, 0) is 26.2 Å². The lowest BCUT2D eigenvalue weighted by atomic mass is 10.1. The van der Waals surface area contributed by atoms with Gasteiger partial charge in [0, 0.05) is 24.0 Å². The molecule has 1 atom stereocenters. The van der Waals surface area contributed by atoms with E-state index in [2.05, 4.69) is 5.32 Å². The van der Waals surface area contributed by atoms with E-state index in [0.29, 0.717) is 22.5 Å². The van der Waals surface area contributed by atoms with Gasteiger partial charge in [-0.2, -0.15) is 0 Å². The molecule has 0 saturated carbocycles. The number of hydrogen-bond donors (Lipinski definition) is 1. The van der Waals surface area contributed by atoms with Crippen LogP contribution in [0.4, 0.5) is 5.69 Å². The minimum absolute atomic E-state index is 0.134. The molecule has 0 aliphatic heterocycles. The number of nitrogens with one attached hydrogen (secondary N) is 1. The fraction of sp³-hybridized carbons (Fsp3) is 0.280. The van der Waals surface area contributed by atoms with Crippen molar-refractivity contribution in [2.75, 3.05) is 24.2 Å². The second-order valence-electron chi connectivity index (χ2n) is 7.95. The Morgan fingerprint density at radius 3 is 2.26 bits per heavy atom. The van der Waals surface area contributed by atoms with Gasteiger partial charge in [0.15, 0.2) is 0 Å². The van der Waals surface area contributed by atoms with Gasteiger partial charge in [-0.25, -0.2) is 8.42 Å². The second-order valence-corrected chi connectivity index (χ2v) is 10.3. The first kappa shape index (κ1) is 25.5. The molecule has 0 bridgehead atoms. The summed E-state index contributed by atoms with van der Waals surface area (Å²) in [6, 6.07) is 18.9. The zero-order valence-electron chi connectivity index (χ0n) is 19.4. The van der Waals surface area contributed by atoms with E-state index in [1.807, 2.05) is 30.3 Å².